The number of ether oxygens (including phenoxy) is 1. The highest BCUT2D eigenvalue weighted by Gasteiger charge is 2.12. The molecular weight excluding hydrogens is 388 g/mol. The minimum absolute atomic E-state index is 0.00257. The van der Waals surface area contributed by atoms with E-state index in [2.05, 4.69) is 15.3 Å². The molecule has 0 bridgehead atoms. The van der Waals surface area contributed by atoms with Crippen LogP contribution >= 0.6 is 11.6 Å². The first-order valence-electron chi connectivity index (χ1n) is 8.46. The van der Waals surface area contributed by atoms with E-state index in [9.17, 15) is 13.6 Å². The molecule has 0 atom stereocenters. The lowest BCUT2D eigenvalue weighted by Gasteiger charge is -2.11. The van der Waals surface area contributed by atoms with E-state index in [4.69, 9.17) is 16.3 Å². The lowest BCUT2D eigenvalue weighted by Crippen LogP contribution is -2.17. The zero-order valence-corrected chi connectivity index (χ0v) is 15.6. The van der Waals surface area contributed by atoms with Gasteiger partial charge in [-0.3, -0.25) is 4.79 Å². The zero-order chi connectivity index (χ0) is 20.1. The highest BCUT2D eigenvalue weighted by Crippen LogP contribution is 2.27. The van der Waals surface area contributed by atoms with Gasteiger partial charge in [0.1, 0.15) is 24.0 Å². The Bertz CT molecular complexity index is 997. The fourth-order valence-corrected chi connectivity index (χ4v) is 2.56. The predicted molar refractivity (Wildman–Crippen MR) is 103 cm³/mol. The van der Waals surface area contributed by atoms with Gasteiger partial charge in [-0.15, -0.1) is 0 Å². The van der Waals surface area contributed by atoms with E-state index in [1.165, 1.54) is 36.4 Å². The molecule has 1 heterocycles. The smallest absolute Gasteiger partial charge is 0.325 e. The predicted octanol–water partition coefficient (Wildman–Crippen LogP) is 4.72. The van der Waals surface area contributed by atoms with Crippen LogP contribution in [0.1, 0.15) is 6.92 Å². The van der Waals surface area contributed by atoms with Gasteiger partial charge in [0.25, 0.3) is 0 Å². The van der Waals surface area contributed by atoms with Crippen molar-refractivity contribution in [1.29, 1.82) is 0 Å². The maximum absolute atomic E-state index is 13.9. The third-order valence-electron chi connectivity index (χ3n) is 3.76. The second-order valence-electron chi connectivity index (χ2n) is 5.76. The van der Waals surface area contributed by atoms with E-state index < -0.39 is 11.8 Å². The summed E-state index contributed by atoms with van der Waals surface area (Å²) >= 11 is 5.75. The summed E-state index contributed by atoms with van der Waals surface area (Å²) in [6.07, 6.45) is 0. The molecule has 5 nitrogen and oxygen atoms in total. The van der Waals surface area contributed by atoms with Crippen molar-refractivity contribution in [2.75, 3.05) is 18.5 Å². The minimum Gasteiger partial charge on any atom is -0.465 e. The first-order valence-corrected chi connectivity index (χ1v) is 8.84. The third kappa shape index (κ3) is 4.80. The van der Waals surface area contributed by atoms with E-state index in [0.717, 1.165) is 0 Å². The highest BCUT2D eigenvalue weighted by molar-refractivity contribution is 6.30. The van der Waals surface area contributed by atoms with Gasteiger partial charge >= 0.3 is 5.97 Å². The molecule has 0 saturated heterocycles. The number of carbonyl (C=O) groups is 1. The monoisotopic (exact) mass is 403 g/mol. The lowest BCUT2D eigenvalue weighted by atomic mass is 10.1. The number of rotatable bonds is 6. The molecule has 0 aliphatic rings. The molecule has 0 aliphatic carbocycles. The summed E-state index contributed by atoms with van der Waals surface area (Å²) in [4.78, 5) is 20.4. The van der Waals surface area contributed by atoms with Crippen LogP contribution in [0.15, 0.2) is 48.5 Å². The van der Waals surface area contributed by atoms with Gasteiger partial charge in [0.15, 0.2) is 5.82 Å². The van der Waals surface area contributed by atoms with Crippen LogP contribution in [-0.4, -0.2) is 29.1 Å². The Labute approximate surface area is 165 Å². The number of nitrogens with zero attached hydrogens (tertiary/aromatic N) is 2. The minimum atomic E-state index is -0.581. The molecule has 0 saturated carbocycles. The van der Waals surface area contributed by atoms with Crippen molar-refractivity contribution in [2.45, 2.75) is 6.92 Å². The average molecular weight is 404 g/mol. The van der Waals surface area contributed by atoms with Gasteiger partial charge in [0.2, 0.25) is 0 Å². The summed E-state index contributed by atoms with van der Waals surface area (Å²) < 4.78 is 32.0. The third-order valence-corrected chi connectivity index (χ3v) is 4.07. The molecule has 8 heteroatoms. The summed E-state index contributed by atoms with van der Waals surface area (Å²) in [6.45, 7) is 1.88. The van der Waals surface area contributed by atoms with E-state index in [1.807, 2.05) is 0 Å². The van der Waals surface area contributed by atoms with Gasteiger partial charge < -0.3 is 10.1 Å². The Morgan fingerprint density at radius 2 is 1.79 bits per heavy atom. The Kier molecular flexibility index (Phi) is 6.16. The van der Waals surface area contributed by atoms with E-state index in [-0.39, 0.29) is 24.0 Å². The van der Waals surface area contributed by atoms with Gasteiger partial charge in [-0.25, -0.2) is 18.7 Å². The Balaban J connectivity index is 2.01. The zero-order valence-electron chi connectivity index (χ0n) is 14.9. The SMILES string of the molecule is CCOC(=O)CNc1cc(-c2ccc(Cl)c(F)c2)nc(-c2ccc(F)cc2)n1. The molecule has 144 valence electrons. The maximum atomic E-state index is 13.9. The molecule has 0 unspecified atom stereocenters. The fraction of sp³-hybridized carbons (Fsp3) is 0.150. The van der Waals surface area contributed by atoms with Crippen molar-refractivity contribution in [1.82, 2.24) is 9.97 Å². The first-order chi connectivity index (χ1) is 13.5. The highest BCUT2D eigenvalue weighted by atomic mass is 35.5. The largest absolute Gasteiger partial charge is 0.465 e. The van der Waals surface area contributed by atoms with Gasteiger partial charge in [-0.1, -0.05) is 17.7 Å². The molecule has 0 amide bonds. The molecule has 1 N–H and O–H groups in total. The summed E-state index contributed by atoms with van der Waals surface area (Å²) in [5.41, 5.74) is 1.46. The molecule has 0 fully saturated rings. The van der Waals surface area contributed by atoms with E-state index >= 15 is 0 Å². The molecule has 3 aromatic rings. The van der Waals surface area contributed by atoms with Gasteiger partial charge in [0.05, 0.1) is 17.3 Å². The van der Waals surface area contributed by atoms with Crippen LogP contribution in [0.4, 0.5) is 14.6 Å². The van der Waals surface area contributed by atoms with Crippen LogP contribution in [0.2, 0.25) is 5.02 Å². The topological polar surface area (TPSA) is 64.1 Å². The summed E-state index contributed by atoms with van der Waals surface area (Å²) in [6, 6.07) is 11.5. The second-order valence-corrected chi connectivity index (χ2v) is 6.16. The summed E-state index contributed by atoms with van der Waals surface area (Å²) in [5.74, 6) is -0.780. The van der Waals surface area contributed by atoms with Crippen LogP contribution in [0, 0.1) is 11.6 Å². The van der Waals surface area contributed by atoms with Crippen LogP contribution < -0.4 is 5.32 Å². The number of halogens is 3. The molecule has 3 rings (SSSR count). The Morgan fingerprint density at radius 1 is 1.07 bits per heavy atom. The van der Waals surface area contributed by atoms with E-state index in [0.29, 0.717) is 28.5 Å². The number of nitrogens with one attached hydrogen (secondary N) is 1. The molecule has 0 spiro atoms. The van der Waals surface area contributed by atoms with Gasteiger partial charge in [-0.05, 0) is 43.3 Å². The molecule has 0 aliphatic heterocycles. The summed E-state index contributed by atoms with van der Waals surface area (Å²) in [7, 11) is 0. The molecular formula is C20H16ClF2N3O2. The van der Waals surface area contributed by atoms with Crippen LogP contribution in [-0.2, 0) is 9.53 Å². The van der Waals surface area contributed by atoms with Crippen LogP contribution in [0.5, 0.6) is 0 Å². The fourth-order valence-electron chi connectivity index (χ4n) is 2.44. The number of carbonyl (C=O) groups excluding carboxylic acids is 1. The number of hydrogen-bond acceptors (Lipinski definition) is 5. The number of anilines is 1. The molecule has 0 radical (unpaired) electrons. The molecule has 1 aromatic heterocycles. The Morgan fingerprint density at radius 3 is 2.46 bits per heavy atom. The number of hydrogen-bond donors (Lipinski definition) is 1. The number of esters is 1. The van der Waals surface area contributed by atoms with Crippen molar-refractivity contribution in [2.24, 2.45) is 0 Å². The Hall–Kier alpha value is -3.06. The molecule has 28 heavy (non-hydrogen) atoms. The quantitative estimate of drug-likeness (QED) is 0.603. The van der Waals surface area contributed by atoms with Crippen molar-refractivity contribution >= 4 is 23.4 Å². The normalized spacial score (nSPS) is 10.6. The van der Waals surface area contributed by atoms with Crippen molar-refractivity contribution in [3.05, 3.63) is 65.2 Å². The lowest BCUT2D eigenvalue weighted by molar-refractivity contribution is -0.140. The number of benzene rings is 2. The summed E-state index contributed by atoms with van der Waals surface area (Å²) in [5, 5.41) is 2.86. The standard InChI is InChI=1S/C20H16ClF2N3O2/c1-2-28-19(27)11-24-18-10-17(13-5-8-15(21)16(23)9-13)25-20(26-18)12-3-6-14(22)7-4-12/h3-10H,2,11H2,1H3,(H,24,25,26). The average Bonchev–Trinajstić information content (AvgIpc) is 2.69. The van der Waals surface area contributed by atoms with Crippen LogP contribution in [0.3, 0.4) is 0 Å². The second kappa shape index (κ2) is 8.75. The van der Waals surface area contributed by atoms with Crippen molar-refractivity contribution in [3.63, 3.8) is 0 Å². The van der Waals surface area contributed by atoms with Crippen molar-refractivity contribution in [3.8, 4) is 22.6 Å². The molecule has 2 aromatic carbocycles. The first kappa shape index (κ1) is 19.7. The van der Waals surface area contributed by atoms with Gasteiger partial charge in [-0.2, -0.15) is 0 Å². The maximum Gasteiger partial charge on any atom is 0.325 e. The van der Waals surface area contributed by atoms with Crippen LogP contribution in [0.25, 0.3) is 22.6 Å². The number of aromatic nitrogens is 2. The van der Waals surface area contributed by atoms with E-state index in [1.54, 1.807) is 19.1 Å². The van der Waals surface area contributed by atoms with Crippen molar-refractivity contribution < 1.29 is 18.3 Å². The van der Waals surface area contributed by atoms with Gasteiger partial charge in [0, 0.05) is 17.2 Å².